The SMILES string of the molecule is Cc1cc(NC(=O)OC(C)(C)C)nc(C)c1CNc1ncnc2c1cnn2Cc1ccc(Cn2ccccc2=O)cc1. The summed E-state index contributed by atoms with van der Waals surface area (Å²) in [6.07, 6.45) is 4.53. The molecular weight excluding hydrogens is 532 g/mol. The number of pyridine rings is 2. The first-order valence-electron chi connectivity index (χ1n) is 13.7. The monoisotopic (exact) mass is 566 g/mol. The fraction of sp³-hybridized carbons (Fsp3) is 0.290. The summed E-state index contributed by atoms with van der Waals surface area (Å²) in [5.74, 6) is 1.11. The second kappa shape index (κ2) is 11.8. The van der Waals surface area contributed by atoms with Crippen LogP contribution in [0.25, 0.3) is 11.0 Å². The lowest BCUT2D eigenvalue weighted by Gasteiger charge is -2.20. The van der Waals surface area contributed by atoms with E-state index < -0.39 is 11.7 Å². The average molecular weight is 567 g/mol. The van der Waals surface area contributed by atoms with Gasteiger partial charge in [0.05, 0.1) is 24.7 Å². The van der Waals surface area contributed by atoms with E-state index in [1.54, 1.807) is 29.1 Å². The first-order chi connectivity index (χ1) is 20.1. The third-order valence-corrected chi connectivity index (χ3v) is 6.66. The topological polar surface area (TPSA) is 129 Å². The van der Waals surface area contributed by atoms with Crippen LogP contribution in [-0.2, 0) is 24.4 Å². The minimum absolute atomic E-state index is 0.0255. The Kier molecular flexibility index (Phi) is 8.01. The summed E-state index contributed by atoms with van der Waals surface area (Å²) in [5.41, 5.74) is 4.97. The summed E-state index contributed by atoms with van der Waals surface area (Å²) < 4.78 is 8.85. The van der Waals surface area contributed by atoms with Crippen molar-refractivity contribution in [3.05, 3.63) is 106 Å². The van der Waals surface area contributed by atoms with Crippen molar-refractivity contribution in [3.8, 4) is 0 Å². The highest BCUT2D eigenvalue weighted by molar-refractivity contribution is 5.86. The molecule has 0 unspecified atom stereocenters. The van der Waals surface area contributed by atoms with Crippen LogP contribution in [0.15, 0.2) is 72.0 Å². The molecule has 0 radical (unpaired) electrons. The van der Waals surface area contributed by atoms with Gasteiger partial charge in [0.15, 0.2) is 5.65 Å². The predicted octanol–water partition coefficient (Wildman–Crippen LogP) is 5.06. The van der Waals surface area contributed by atoms with Gasteiger partial charge in [0.1, 0.15) is 23.6 Å². The van der Waals surface area contributed by atoms with Gasteiger partial charge >= 0.3 is 6.09 Å². The van der Waals surface area contributed by atoms with Crippen LogP contribution in [0.5, 0.6) is 0 Å². The van der Waals surface area contributed by atoms with Crippen LogP contribution in [0.1, 0.15) is 48.7 Å². The minimum Gasteiger partial charge on any atom is -0.444 e. The highest BCUT2D eigenvalue weighted by atomic mass is 16.6. The van der Waals surface area contributed by atoms with Gasteiger partial charge in [-0.3, -0.25) is 10.1 Å². The normalized spacial score (nSPS) is 11.5. The summed E-state index contributed by atoms with van der Waals surface area (Å²) in [7, 11) is 0. The van der Waals surface area contributed by atoms with Crippen LogP contribution >= 0.6 is 0 Å². The van der Waals surface area contributed by atoms with Crippen molar-refractivity contribution in [2.24, 2.45) is 0 Å². The van der Waals surface area contributed by atoms with Crippen LogP contribution in [0.4, 0.5) is 16.4 Å². The van der Waals surface area contributed by atoms with Crippen molar-refractivity contribution in [1.29, 1.82) is 0 Å². The molecule has 0 spiro atoms. The smallest absolute Gasteiger partial charge is 0.413 e. The zero-order chi connectivity index (χ0) is 29.9. The lowest BCUT2D eigenvalue weighted by atomic mass is 10.1. The number of rotatable bonds is 8. The van der Waals surface area contributed by atoms with E-state index in [2.05, 4.69) is 30.7 Å². The number of amides is 1. The number of carbonyl (C=O) groups is 1. The summed E-state index contributed by atoms with van der Waals surface area (Å²) >= 11 is 0. The zero-order valence-electron chi connectivity index (χ0n) is 24.4. The molecule has 11 nitrogen and oxygen atoms in total. The van der Waals surface area contributed by atoms with E-state index in [0.717, 1.165) is 39.0 Å². The molecule has 0 aliphatic carbocycles. The van der Waals surface area contributed by atoms with E-state index in [4.69, 9.17) is 4.74 Å². The van der Waals surface area contributed by atoms with E-state index in [-0.39, 0.29) is 5.56 Å². The Balaban J connectivity index is 1.26. The van der Waals surface area contributed by atoms with Crippen LogP contribution in [0.2, 0.25) is 0 Å². The molecule has 4 aromatic heterocycles. The Hall–Kier alpha value is -5.06. The number of ether oxygens (including phenoxy) is 1. The first-order valence-corrected chi connectivity index (χ1v) is 13.7. The van der Waals surface area contributed by atoms with Gasteiger partial charge in [0, 0.05) is 24.5 Å². The van der Waals surface area contributed by atoms with Gasteiger partial charge in [-0.05, 0) is 69.0 Å². The van der Waals surface area contributed by atoms with Crippen molar-refractivity contribution < 1.29 is 9.53 Å². The molecule has 0 bridgehead atoms. The van der Waals surface area contributed by atoms with Crippen molar-refractivity contribution in [3.63, 3.8) is 0 Å². The number of benzene rings is 1. The molecule has 0 fully saturated rings. The molecule has 5 rings (SSSR count). The maximum Gasteiger partial charge on any atom is 0.413 e. The van der Waals surface area contributed by atoms with Gasteiger partial charge in [-0.25, -0.2) is 24.4 Å². The predicted molar refractivity (Wildman–Crippen MR) is 162 cm³/mol. The van der Waals surface area contributed by atoms with Gasteiger partial charge in [-0.15, -0.1) is 0 Å². The van der Waals surface area contributed by atoms with E-state index >= 15 is 0 Å². The Bertz CT molecular complexity index is 1760. The Morgan fingerprint density at radius 2 is 1.74 bits per heavy atom. The summed E-state index contributed by atoms with van der Waals surface area (Å²) in [6, 6.07) is 15.1. The fourth-order valence-corrected chi connectivity index (χ4v) is 4.63. The molecular formula is C31H34N8O3. The maximum absolute atomic E-state index is 12.2. The van der Waals surface area contributed by atoms with E-state index in [9.17, 15) is 9.59 Å². The van der Waals surface area contributed by atoms with Crippen molar-refractivity contribution in [1.82, 2.24) is 29.3 Å². The largest absolute Gasteiger partial charge is 0.444 e. The summed E-state index contributed by atoms with van der Waals surface area (Å²) in [6.45, 7) is 10.9. The Morgan fingerprint density at radius 3 is 2.43 bits per heavy atom. The van der Waals surface area contributed by atoms with E-state index in [1.807, 2.05) is 75.7 Å². The summed E-state index contributed by atoms with van der Waals surface area (Å²) in [4.78, 5) is 37.7. The quantitative estimate of drug-likeness (QED) is 0.267. The molecule has 216 valence electrons. The highest BCUT2D eigenvalue weighted by Gasteiger charge is 2.18. The van der Waals surface area contributed by atoms with Crippen LogP contribution < -0.4 is 16.2 Å². The first kappa shape index (κ1) is 28.5. The highest BCUT2D eigenvalue weighted by Crippen LogP contribution is 2.23. The van der Waals surface area contributed by atoms with Crippen molar-refractivity contribution in [2.75, 3.05) is 10.6 Å². The number of hydrogen-bond acceptors (Lipinski definition) is 8. The second-order valence-electron chi connectivity index (χ2n) is 11.1. The number of aryl methyl sites for hydroxylation is 2. The molecule has 2 N–H and O–H groups in total. The second-order valence-corrected chi connectivity index (χ2v) is 11.1. The molecule has 0 atom stereocenters. The lowest BCUT2D eigenvalue weighted by Crippen LogP contribution is -2.27. The molecule has 1 aromatic carbocycles. The third kappa shape index (κ3) is 6.80. The molecule has 0 saturated heterocycles. The van der Waals surface area contributed by atoms with Gasteiger partial charge in [-0.1, -0.05) is 30.3 Å². The van der Waals surface area contributed by atoms with Gasteiger partial charge < -0.3 is 14.6 Å². The van der Waals surface area contributed by atoms with Gasteiger partial charge in [-0.2, -0.15) is 5.10 Å². The molecule has 42 heavy (non-hydrogen) atoms. The molecule has 5 aromatic rings. The molecule has 4 heterocycles. The Labute approximate surface area is 243 Å². The van der Waals surface area contributed by atoms with Crippen LogP contribution in [0.3, 0.4) is 0 Å². The van der Waals surface area contributed by atoms with Crippen LogP contribution in [-0.4, -0.2) is 41.0 Å². The maximum atomic E-state index is 12.2. The number of nitrogens with one attached hydrogen (secondary N) is 2. The Morgan fingerprint density at radius 1 is 1.00 bits per heavy atom. The number of aromatic nitrogens is 6. The number of fused-ring (bicyclic) bond motifs is 1. The van der Waals surface area contributed by atoms with Gasteiger partial charge in [0.2, 0.25) is 0 Å². The molecule has 0 aliphatic heterocycles. The van der Waals surface area contributed by atoms with Crippen molar-refractivity contribution in [2.45, 2.75) is 59.9 Å². The van der Waals surface area contributed by atoms with Crippen LogP contribution in [0, 0.1) is 13.8 Å². The average Bonchev–Trinajstić information content (AvgIpc) is 3.33. The zero-order valence-corrected chi connectivity index (χ0v) is 24.4. The summed E-state index contributed by atoms with van der Waals surface area (Å²) in [5, 5.41) is 11.5. The number of nitrogens with zero attached hydrogens (tertiary/aromatic N) is 6. The van der Waals surface area contributed by atoms with E-state index in [0.29, 0.717) is 31.3 Å². The number of hydrogen-bond donors (Lipinski definition) is 2. The van der Waals surface area contributed by atoms with E-state index in [1.165, 1.54) is 6.33 Å². The number of carbonyl (C=O) groups excluding carboxylic acids is 1. The molecule has 1 amide bonds. The minimum atomic E-state index is -0.592. The lowest BCUT2D eigenvalue weighted by molar-refractivity contribution is 0.0635. The molecule has 0 aliphatic rings. The van der Waals surface area contributed by atoms with Gasteiger partial charge in [0.25, 0.3) is 5.56 Å². The molecule has 11 heteroatoms. The number of anilines is 2. The molecule has 0 saturated carbocycles. The fourth-order valence-electron chi connectivity index (χ4n) is 4.63. The standard InChI is InChI=1S/C31H34N8O3/c1-20-14-26(37-30(41)42-31(3,4)5)36-21(2)24(20)15-32-28-25-16-35-39(29(25)34-19-33-28)18-23-11-9-22(10-12-23)17-38-13-7-6-8-27(38)40/h6-14,16,19H,15,17-18H2,1-5H3,(H,32,33,34)(H,36,37,41). The van der Waals surface area contributed by atoms with Crippen molar-refractivity contribution >= 4 is 28.8 Å². The third-order valence-electron chi connectivity index (χ3n) is 6.66.